The number of para-hydroxylation sites is 1. The van der Waals surface area contributed by atoms with Crippen LogP contribution in [-0.4, -0.2) is 33.2 Å². The third-order valence-corrected chi connectivity index (χ3v) is 4.19. The van der Waals surface area contributed by atoms with Crippen LogP contribution in [0.25, 0.3) is 17.2 Å². The van der Waals surface area contributed by atoms with Gasteiger partial charge in [0.1, 0.15) is 17.3 Å². The molecule has 27 heavy (non-hydrogen) atoms. The third-order valence-electron chi connectivity index (χ3n) is 4.19. The second kappa shape index (κ2) is 8.16. The monoisotopic (exact) mass is 370 g/mol. The van der Waals surface area contributed by atoms with Crippen molar-refractivity contribution in [1.29, 1.82) is 0 Å². The van der Waals surface area contributed by atoms with Crippen LogP contribution in [0.2, 0.25) is 0 Å². The van der Waals surface area contributed by atoms with Crippen molar-refractivity contribution in [2.45, 2.75) is 40.0 Å². The van der Waals surface area contributed by atoms with Gasteiger partial charge in [-0.2, -0.15) is 0 Å². The van der Waals surface area contributed by atoms with Gasteiger partial charge >= 0.3 is 0 Å². The highest BCUT2D eigenvalue weighted by molar-refractivity contribution is 5.61. The first-order valence-corrected chi connectivity index (χ1v) is 8.89. The van der Waals surface area contributed by atoms with Gasteiger partial charge in [0, 0.05) is 12.5 Å². The highest BCUT2D eigenvalue weighted by Crippen LogP contribution is 2.31. The number of hydrogen-bond acceptors (Lipinski definition) is 5. The molecule has 0 bridgehead atoms. The molecule has 1 unspecified atom stereocenters. The van der Waals surface area contributed by atoms with E-state index < -0.39 is 6.36 Å². The van der Waals surface area contributed by atoms with Crippen LogP contribution in [0.1, 0.15) is 31.2 Å². The van der Waals surface area contributed by atoms with Crippen molar-refractivity contribution in [1.82, 2.24) is 19.7 Å². The molecular formula is C20H23FN4O2. The number of nitrogens with zero attached hydrogens (tertiary/aromatic N) is 4. The smallest absolute Gasteiger partial charge is 0.240 e. The van der Waals surface area contributed by atoms with Crippen molar-refractivity contribution in [2.75, 3.05) is 7.11 Å². The minimum Gasteiger partial charge on any atom is -0.495 e. The zero-order valence-corrected chi connectivity index (χ0v) is 15.9. The van der Waals surface area contributed by atoms with E-state index in [0.717, 1.165) is 11.3 Å². The molecule has 6 nitrogen and oxygen atoms in total. The van der Waals surface area contributed by atoms with Crippen LogP contribution in [0.3, 0.4) is 0 Å². The molecule has 0 aliphatic heterocycles. The molecule has 2 aromatic heterocycles. The normalized spacial score (nSPS) is 12.0. The van der Waals surface area contributed by atoms with E-state index in [1.165, 1.54) is 0 Å². The lowest BCUT2D eigenvalue weighted by Gasteiger charge is -2.15. The summed E-state index contributed by atoms with van der Waals surface area (Å²) in [7, 11) is 1.62. The SMILES string of the molecule is CCCC(F)Oc1cccc(-c2nnc(C)n2-c2c(C)cccc2OC)n1. The van der Waals surface area contributed by atoms with Crippen molar-refractivity contribution in [3.63, 3.8) is 0 Å². The van der Waals surface area contributed by atoms with E-state index in [1.807, 2.05) is 43.5 Å². The summed E-state index contributed by atoms with van der Waals surface area (Å²) in [6, 6.07) is 11.0. The summed E-state index contributed by atoms with van der Waals surface area (Å²) in [6.07, 6.45) is -0.364. The lowest BCUT2D eigenvalue weighted by atomic mass is 10.1. The predicted molar refractivity (Wildman–Crippen MR) is 101 cm³/mol. The van der Waals surface area contributed by atoms with E-state index in [2.05, 4.69) is 15.2 Å². The zero-order chi connectivity index (χ0) is 19.4. The van der Waals surface area contributed by atoms with Gasteiger partial charge in [0.15, 0.2) is 5.82 Å². The molecule has 0 amide bonds. The first-order chi connectivity index (χ1) is 13.0. The number of rotatable bonds is 7. The molecule has 3 aromatic rings. The molecule has 0 fully saturated rings. The fourth-order valence-corrected chi connectivity index (χ4v) is 2.90. The number of ether oxygens (including phenoxy) is 2. The standard InChI is InChI=1S/C20H23FN4O2/c1-5-8-17(21)27-18-12-7-10-15(22-18)20-24-23-14(3)25(20)19-13(2)9-6-11-16(19)26-4/h6-7,9-12,17H,5,8H2,1-4H3. The number of alkyl halides is 1. The summed E-state index contributed by atoms with van der Waals surface area (Å²) in [5, 5.41) is 8.49. The number of aryl methyl sites for hydroxylation is 2. The van der Waals surface area contributed by atoms with Gasteiger partial charge in [-0.1, -0.05) is 25.1 Å². The molecule has 0 saturated heterocycles. The molecule has 7 heteroatoms. The van der Waals surface area contributed by atoms with Gasteiger partial charge in [-0.25, -0.2) is 9.37 Å². The predicted octanol–water partition coefficient (Wildman–Crippen LogP) is 4.43. The second-order valence-electron chi connectivity index (χ2n) is 6.21. The van der Waals surface area contributed by atoms with Gasteiger partial charge in [-0.05, 0) is 38.0 Å². The van der Waals surface area contributed by atoms with Crippen LogP contribution in [0.15, 0.2) is 36.4 Å². The Labute approximate surface area is 158 Å². The Morgan fingerprint density at radius 3 is 2.63 bits per heavy atom. The number of aromatic nitrogens is 4. The minimum absolute atomic E-state index is 0.220. The molecular weight excluding hydrogens is 347 g/mol. The van der Waals surface area contributed by atoms with E-state index in [-0.39, 0.29) is 5.88 Å². The Morgan fingerprint density at radius 1 is 1.11 bits per heavy atom. The van der Waals surface area contributed by atoms with Crippen molar-refractivity contribution in [3.05, 3.63) is 47.8 Å². The maximum absolute atomic E-state index is 13.8. The number of benzene rings is 1. The van der Waals surface area contributed by atoms with Crippen molar-refractivity contribution in [3.8, 4) is 28.8 Å². The summed E-state index contributed by atoms with van der Waals surface area (Å²) < 4.78 is 26.5. The largest absolute Gasteiger partial charge is 0.495 e. The van der Waals surface area contributed by atoms with Crippen LogP contribution in [0.4, 0.5) is 4.39 Å². The second-order valence-corrected chi connectivity index (χ2v) is 6.21. The van der Waals surface area contributed by atoms with Crippen LogP contribution in [0, 0.1) is 13.8 Å². The Hall–Kier alpha value is -2.96. The van der Waals surface area contributed by atoms with Crippen molar-refractivity contribution in [2.24, 2.45) is 0 Å². The molecule has 2 heterocycles. The van der Waals surface area contributed by atoms with Crippen LogP contribution in [-0.2, 0) is 0 Å². The van der Waals surface area contributed by atoms with Gasteiger partial charge in [0.25, 0.3) is 0 Å². The quantitative estimate of drug-likeness (QED) is 0.616. The van der Waals surface area contributed by atoms with E-state index in [0.29, 0.717) is 35.9 Å². The van der Waals surface area contributed by atoms with Gasteiger partial charge in [0.2, 0.25) is 12.2 Å². The lowest BCUT2D eigenvalue weighted by molar-refractivity contribution is 0.0544. The number of pyridine rings is 1. The fraction of sp³-hybridized carbons (Fsp3) is 0.350. The summed E-state index contributed by atoms with van der Waals surface area (Å²) in [4.78, 5) is 4.42. The number of methoxy groups -OCH3 is 1. The molecule has 142 valence electrons. The minimum atomic E-state index is -1.38. The number of hydrogen-bond donors (Lipinski definition) is 0. The van der Waals surface area contributed by atoms with Crippen molar-refractivity contribution < 1.29 is 13.9 Å². The van der Waals surface area contributed by atoms with Crippen LogP contribution < -0.4 is 9.47 Å². The van der Waals surface area contributed by atoms with Crippen LogP contribution >= 0.6 is 0 Å². The number of halogens is 1. The Kier molecular flexibility index (Phi) is 5.69. The maximum atomic E-state index is 13.8. The summed E-state index contributed by atoms with van der Waals surface area (Å²) >= 11 is 0. The van der Waals surface area contributed by atoms with Crippen LogP contribution in [0.5, 0.6) is 11.6 Å². The fourth-order valence-electron chi connectivity index (χ4n) is 2.90. The van der Waals surface area contributed by atoms with Gasteiger partial charge in [0.05, 0.1) is 12.8 Å². The van der Waals surface area contributed by atoms with E-state index in [1.54, 1.807) is 25.3 Å². The lowest BCUT2D eigenvalue weighted by Crippen LogP contribution is -2.11. The first kappa shape index (κ1) is 18.8. The molecule has 0 N–H and O–H groups in total. The Balaban J connectivity index is 2.06. The molecule has 0 spiro atoms. The van der Waals surface area contributed by atoms with Gasteiger partial charge in [-0.15, -0.1) is 10.2 Å². The van der Waals surface area contributed by atoms with E-state index in [4.69, 9.17) is 9.47 Å². The summed E-state index contributed by atoms with van der Waals surface area (Å²) in [5.41, 5.74) is 2.40. The molecule has 3 rings (SSSR count). The topological polar surface area (TPSA) is 62.1 Å². The average Bonchev–Trinajstić information content (AvgIpc) is 3.03. The van der Waals surface area contributed by atoms with Gasteiger partial charge < -0.3 is 9.47 Å². The average molecular weight is 370 g/mol. The Morgan fingerprint density at radius 2 is 1.89 bits per heavy atom. The maximum Gasteiger partial charge on any atom is 0.240 e. The first-order valence-electron chi connectivity index (χ1n) is 8.89. The summed E-state index contributed by atoms with van der Waals surface area (Å²) in [6.45, 7) is 5.76. The molecule has 0 aliphatic rings. The summed E-state index contributed by atoms with van der Waals surface area (Å²) in [5.74, 6) is 2.16. The highest BCUT2D eigenvalue weighted by atomic mass is 19.1. The molecule has 0 radical (unpaired) electrons. The Bertz CT molecular complexity index is 926. The van der Waals surface area contributed by atoms with E-state index >= 15 is 0 Å². The highest BCUT2D eigenvalue weighted by Gasteiger charge is 2.19. The van der Waals surface area contributed by atoms with Gasteiger partial charge in [-0.3, -0.25) is 4.57 Å². The molecule has 0 saturated carbocycles. The van der Waals surface area contributed by atoms with E-state index in [9.17, 15) is 4.39 Å². The molecule has 1 atom stereocenters. The zero-order valence-electron chi connectivity index (χ0n) is 15.9. The third kappa shape index (κ3) is 3.92. The molecule has 1 aromatic carbocycles. The molecule has 0 aliphatic carbocycles. The van der Waals surface area contributed by atoms with Crippen molar-refractivity contribution >= 4 is 0 Å².